The van der Waals surface area contributed by atoms with Crippen LogP contribution >= 0.6 is 0 Å². The van der Waals surface area contributed by atoms with E-state index in [1.165, 1.54) is 22.3 Å². The van der Waals surface area contributed by atoms with Gasteiger partial charge in [-0.1, -0.05) is 170 Å². The minimum absolute atomic E-state index is 0.0650. The van der Waals surface area contributed by atoms with Crippen LogP contribution in [0.5, 0.6) is 11.5 Å². The quantitative estimate of drug-likeness (QED) is 0.151. The normalized spacial score (nSPS) is 16.6. The number of allylic oxidation sites excluding steroid dienone is 2. The third-order valence-electron chi connectivity index (χ3n) is 17.8. The van der Waals surface area contributed by atoms with E-state index in [1.54, 1.807) is 0 Å². The Balaban J connectivity index is 0.765. The molecule has 3 unspecified atom stereocenters. The highest BCUT2D eigenvalue weighted by Gasteiger charge is 2.41. The second-order valence-electron chi connectivity index (χ2n) is 22.7. The average Bonchev–Trinajstić information content (AvgIpc) is 3.02. The fourth-order valence-electron chi connectivity index (χ4n) is 13.9. The van der Waals surface area contributed by atoms with Crippen LogP contribution in [0.2, 0.25) is 0 Å². The smallest absolute Gasteiger partial charge is 0.159 e. The van der Waals surface area contributed by atoms with Crippen LogP contribution in [0.25, 0.3) is 87.9 Å². The van der Waals surface area contributed by atoms with Gasteiger partial charge in [-0.25, -0.2) is 0 Å². The lowest BCUT2D eigenvalue weighted by molar-refractivity contribution is 0.254. The highest BCUT2D eigenvalue weighted by Crippen LogP contribution is 2.52. The first-order valence-corrected chi connectivity index (χ1v) is 28.8. The second-order valence-corrected chi connectivity index (χ2v) is 22.7. The summed E-state index contributed by atoms with van der Waals surface area (Å²) in [5.41, 5.74) is 21.4. The number of anilines is 5. The molecule has 0 spiro atoms. The first kappa shape index (κ1) is 47.5. The molecule has 0 fully saturated rings. The van der Waals surface area contributed by atoms with Crippen LogP contribution in [-0.4, -0.2) is 12.2 Å². The Labute approximate surface area is 480 Å². The van der Waals surface area contributed by atoms with Crippen LogP contribution in [0.4, 0.5) is 28.4 Å². The topological polar surface area (TPSA) is 51.2 Å². The van der Waals surface area contributed by atoms with E-state index < -0.39 is 0 Å². The van der Waals surface area contributed by atoms with Crippen LogP contribution in [0, 0.1) is 13.8 Å². The average molecular weight is 1070 g/mol. The van der Waals surface area contributed by atoms with Gasteiger partial charge in [0.15, 0.2) is 5.58 Å². The summed E-state index contributed by atoms with van der Waals surface area (Å²) in [5, 5.41) is 8.87. The second kappa shape index (κ2) is 18.4. The molecule has 11 aromatic carbocycles. The van der Waals surface area contributed by atoms with Crippen molar-refractivity contribution in [1.29, 1.82) is 0 Å². The zero-order valence-corrected chi connectivity index (χ0v) is 46.1. The number of hydrogen-bond donors (Lipinski definition) is 0. The van der Waals surface area contributed by atoms with Crippen molar-refractivity contribution in [3.63, 3.8) is 0 Å². The molecule has 0 bridgehead atoms. The molecule has 0 N–H and O–H groups in total. The minimum atomic E-state index is -0.222. The molecule has 0 saturated carbocycles. The van der Waals surface area contributed by atoms with Crippen molar-refractivity contribution in [3.05, 3.63) is 281 Å². The zero-order valence-electron chi connectivity index (χ0n) is 46.1. The van der Waals surface area contributed by atoms with Crippen LogP contribution in [0.3, 0.4) is 0 Å². The van der Waals surface area contributed by atoms with Crippen molar-refractivity contribution in [3.8, 4) is 33.8 Å². The number of ether oxygens (including phenoxy) is 2. The van der Waals surface area contributed by atoms with Gasteiger partial charge in [0.25, 0.3) is 0 Å². The number of rotatable bonds is 8. The number of hydrogen-bond acceptors (Lipinski definition) is 6. The number of aryl methyl sites for hydroxylation is 2. The lowest BCUT2D eigenvalue weighted by atomic mass is 9.88. The monoisotopic (exact) mass is 1070 g/mol. The van der Waals surface area contributed by atoms with Crippen LogP contribution in [-0.2, 0) is 0 Å². The van der Waals surface area contributed by atoms with Crippen LogP contribution in [0.15, 0.2) is 257 Å². The lowest BCUT2D eigenvalue weighted by Crippen LogP contribution is -2.35. The third-order valence-corrected chi connectivity index (χ3v) is 17.8. The Morgan fingerprint density at radius 3 is 1.84 bits per heavy atom. The summed E-state index contributed by atoms with van der Waals surface area (Å²) in [5.74, 6) is 1.91. The summed E-state index contributed by atoms with van der Waals surface area (Å²) in [6.07, 6.45) is 7.11. The summed E-state index contributed by atoms with van der Waals surface area (Å²) in [6.45, 7) is 6.56. The molecule has 3 atom stereocenters. The molecule has 0 amide bonds. The maximum absolute atomic E-state index is 7.15. The van der Waals surface area contributed by atoms with Gasteiger partial charge in [-0.15, -0.1) is 0 Å². The van der Waals surface area contributed by atoms with Crippen molar-refractivity contribution >= 4 is 94.0 Å². The van der Waals surface area contributed by atoms with Crippen molar-refractivity contribution in [2.75, 3.05) is 9.80 Å². The molecule has 2 aromatic heterocycles. The summed E-state index contributed by atoms with van der Waals surface area (Å²) in [7, 11) is 0. The van der Waals surface area contributed by atoms with E-state index in [0.29, 0.717) is 0 Å². The molecule has 13 aromatic rings. The molecule has 4 heterocycles. The first-order valence-electron chi connectivity index (χ1n) is 28.8. The largest absolute Gasteiger partial charge is 0.485 e. The van der Waals surface area contributed by atoms with Gasteiger partial charge < -0.3 is 28.1 Å². The Bertz CT molecular complexity index is 5080. The number of benzene rings is 11. The first-order chi connectivity index (χ1) is 40.9. The third kappa shape index (κ3) is 7.35. The van der Waals surface area contributed by atoms with Crippen LogP contribution < -0.4 is 29.9 Å². The number of furan rings is 2. The Morgan fingerprint density at radius 2 is 1.08 bits per heavy atom. The maximum atomic E-state index is 7.15. The maximum Gasteiger partial charge on any atom is 0.159 e. The molecule has 0 radical (unpaired) electrons. The minimum Gasteiger partial charge on any atom is -0.485 e. The predicted octanol–water partition coefficient (Wildman–Crippen LogP) is 18.7. The van der Waals surface area contributed by atoms with Gasteiger partial charge in [0, 0.05) is 84.3 Å². The van der Waals surface area contributed by atoms with Gasteiger partial charge in [0.1, 0.15) is 40.3 Å². The Hall–Kier alpha value is -10.3. The summed E-state index contributed by atoms with van der Waals surface area (Å²) >= 11 is 0. The van der Waals surface area contributed by atoms with Crippen molar-refractivity contribution in [1.82, 2.24) is 0 Å². The molecule has 83 heavy (non-hydrogen) atoms. The van der Waals surface area contributed by atoms with Gasteiger partial charge in [-0.2, -0.15) is 0 Å². The highest BCUT2D eigenvalue weighted by molar-refractivity contribution is 6.14. The standard InChI is InChI=1S/C77H54N2O4/c1-45-18-10-12-30-64(45)78(66-32-16-28-60-58-26-14-24-56(74(58)82-76(60)66)48-20-6-4-7-21-48)54-36-34-50-41-62-68(43-52(50)39-54)80-70-38-47(3)73-72(71(62)70)63-42-51-35-37-55(40-53(51)44-69(63)81-73)79(65-31-13-11-19-46(65)2)67-33-17-29-61-59-27-15-25-57(75(59)83-77(61)67)49-22-8-5-9-23-49/h4-37,39-44,61,70,77H,38H2,1-3H3. The SMILES string of the molecule is CC1=c2oc3cc4cc(N(C5=CC=CC6c7cccc(-c8ccccc8)c7OC56)c5ccccc5C)ccc4cc3c2=C2c3cc4ccc(N(c5ccccc5C)c5cccc6c5oc5c(-c7ccccc7)cccc56)cc4cc3OC2C1. The van der Waals surface area contributed by atoms with E-state index in [4.69, 9.17) is 18.3 Å². The van der Waals surface area contributed by atoms with E-state index in [0.717, 1.165) is 151 Å². The van der Waals surface area contributed by atoms with E-state index in [9.17, 15) is 0 Å². The van der Waals surface area contributed by atoms with Gasteiger partial charge in [-0.3, -0.25) is 0 Å². The molecule has 2 aliphatic carbocycles. The van der Waals surface area contributed by atoms with Gasteiger partial charge in [-0.05, 0) is 143 Å². The molecular formula is C77H54N2O4. The highest BCUT2D eigenvalue weighted by atomic mass is 16.5. The molecule has 2 aliphatic heterocycles. The van der Waals surface area contributed by atoms with Crippen molar-refractivity contribution in [2.24, 2.45) is 0 Å². The fourth-order valence-corrected chi connectivity index (χ4v) is 13.9. The zero-order chi connectivity index (χ0) is 55.0. The molecule has 396 valence electrons. The number of fused-ring (bicyclic) bond motifs is 14. The summed E-state index contributed by atoms with van der Waals surface area (Å²) in [4.78, 5) is 4.76. The predicted molar refractivity (Wildman–Crippen MR) is 339 cm³/mol. The van der Waals surface area contributed by atoms with E-state index in [2.05, 4.69) is 273 Å². The van der Waals surface area contributed by atoms with Gasteiger partial charge in [0.2, 0.25) is 0 Å². The Morgan fingerprint density at radius 1 is 0.458 bits per heavy atom. The van der Waals surface area contributed by atoms with E-state index in [-0.39, 0.29) is 18.1 Å². The number of para-hydroxylation sites is 5. The number of nitrogens with zero attached hydrogens (tertiary/aromatic N) is 2. The fraction of sp³-hybridized carbons (Fsp3) is 0.0909. The Kier molecular flexibility index (Phi) is 10.5. The van der Waals surface area contributed by atoms with E-state index in [1.807, 2.05) is 0 Å². The summed E-state index contributed by atoms with van der Waals surface area (Å²) in [6, 6.07) is 80.6. The molecule has 6 nitrogen and oxygen atoms in total. The van der Waals surface area contributed by atoms with E-state index >= 15 is 0 Å². The van der Waals surface area contributed by atoms with Crippen molar-refractivity contribution < 1.29 is 18.3 Å². The molecule has 0 saturated heterocycles. The molecule has 4 aliphatic rings. The van der Waals surface area contributed by atoms with Crippen LogP contribution in [0.1, 0.15) is 41.5 Å². The lowest BCUT2D eigenvalue weighted by Gasteiger charge is -2.35. The van der Waals surface area contributed by atoms with Gasteiger partial charge >= 0.3 is 0 Å². The molecule has 17 rings (SSSR count). The molecule has 6 heteroatoms. The van der Waals surface area contributed by atoms with Gasteiger partial charge in [0.05, 0.1) is 11.4 Å². The van der Waals surface area contributed by atoms with Crippen molar-refractivity contribution in [2.45, 2.75) is 45.3 Å². The molecular weight excluding hydrogens is 1020 g/mol. The summed E-state index contributed by atoms with van der Waals surface area (Å²) < 4.78 is 28.3.